The van der Waals surface area contributed by atoms with Crippen LogP contribution in [0.25, 0.3) is 11.3 Å². The smallest absolute Gasteiger partial charge is 0.269 e. The predicted octanol–water partition coefficient (Wildman–Crippen LogP) is 3.24. The molecule has 0 saturated heterocycles. The topological polar surface area (TPSA) is 84.8 Å². The second-order valence-corrected chi connectivity index (χ2v) is 6.78. The Balaban J connectivity index is 1.82. The molecule has 0 spiro atoms. The Morgan fingerprint density at radius 3 is 2.63 bits per heavy atom. The first-order valence-corrected chi connectivity index (χ1v) is 8.83. The molecular formula is C20H25N5O2. The quantitative estimate of drug-likeness (QED) is 0.725. The Labute approximate surface area is 158 Å². The maximum Gasteiger partial charge on any atom is 0.269 e. The summed E-state index contributed by atoms with van der Waals surface area (Å²) in [5.41, 5.74) is 5.99. The van der Waals surface area contributed by atoms with Crippen LogP contribution in [0.2, 0.25) is 0 Å². The summed E-state index contributed by atoms with van der Waals surface area (Å²) in [7, 11) is 3.52. The Morgan fingerprint density at radius 1 is 1.26 bits per heavy atom. The van der Waals surface area contributed by atoms with E-state index in [1.807, 2.05) is 57.6 Å². The number of methoxy groups -OCH3 is 1. The fourth-order valence-corrected chi connectivity index (χ4v) is 3.25. The average molecular weight is 367 g/mol. The van der Waals surface area contributed by atoms with E-state index in [-0.39, 0.29) is 11.9 Å². The van der Waals surface area contributed by atoms with Crippen molar-refractivity contribution in [1.82, 2.24) is 25.3 Å². The lowest BCUT2D eigenvalue weighted by Gasteiger charge is -2.17. The number of benzene rings is 1. The maximum absolute atomic E-state index is 12.7. The summed E-state index contributed by atoms with van der Waals surface area (Å²) in [5, 5.41) is 14.5. The zero-order valence-electron chi connectivity index (χ0n) is 16.5. The summed E-state index contributed by atoms with van der Waals surface area (Å²) < 4.78 is 7.23. The molecule has 0 aliphatic rings. The van der Waals surface area contributed by atoms with Gasteiger partial charge in [0.15, 0.2) is 0 Å². The number of rotatable bonds is 5. The van der Waals surface area contributed by atoms with Gasteiger partial charge in [-0.25, -0.2) is 0 Å². The van der Waals surface area contributed by atoms with Gasteiger partial charge in [0.25, 0.3) is 5.91 Å². The van der Waals surface area contributed by atoms with Gasteiger partial charge < -0.3 is 10.1 Å². The summed E-state index contributed by atoms with van der Waals surface area (Å²) >= 11 is 0. The lowest BCUT2D eigenvalue weighted by molar-refractivity contribution is 0.0934. The van der Waals surface area contributed by atoms with Gasteiger partial charge in [-0.1, -0.05) is 17.7 Å². The number of amides is 1. The molecule has 7 heteroatoms. The molecule has 0 saturated carbocycles. The van der Waals surface area contributed by atoms with Crippen LogP contribution in [0.4, 0.5) is 0 Å². The number of H-pyrrole nitrogens is 1. The SMILES string of the molecule is COc1ccc(C)cc1C(C)NC(=O)c1cc(-c2c(C)nn(C)c2C)n[nH]1. The van der Waals surface area contributed by atoms with E-state index in [9.17, 15) is 4.79 Å². The normalized spacial score (nSPS) is 12.1. The molecule has 2 N–H and O–H groups in total. The summed E-state index contributed by atoms with van der Waals surface area (Å²) in [6, 6.07) is 7.46. The maximum atomic E-state index is 12.7. The highest BCUT2D eigenvalue weighted by Crippen LogP contribution is 2.27. The fourth-order valence-electron chi connectivity index (χ4n) is 3.25. The van der Waals surface area contributed by atoms with Crippen LogP contribution in [0.3, 0.4) is 0 Å². The van der Waals surface area contributed by atoms with Gasteiger partial charge in [-0.05, 0) is 39.8 Å². The van der Waals surface area contributed by atoms with Crippen LogP contribution in [-0.4, -0.2) is 33.0 Å². The van der Waals surface area contributed by atoms with E-state index in [1.165, 1.54) is 0 Å². The van der Waals surface area contributed by atoms with Crippen molar-refractivity contribution >= 4 is 5.91 Å². The molecule has 1 amide bonds. The first kappa shape index (κ1) is 18.7. The number of hydrogen-bond acceptors (Lipinski definition) is 4. The number of carbonyl (C=O) groups excluding carboxylic acids is 1. The van der Waals surface area contributed by atoms with Gasteiger partial charge in [0.1, 0.15) is 11.4 Å². The van der Waals surface area contributed by atoms with Crippen molar-refractivity contribution in [2.24, 2.45) is 7.05 Å². The minimum absolute atomic E-state index is 0.207. The minimum Gasteiger partial charge on any atom is -0.496 e. The predicted molar refractivity (Wildman–Crippen MR) is 104 cm³/mol. The molecule has 0 bridgehead atoms. The van der Waals surface area contributed by atoms with Gasteiger partial charge in [-0.2, -0.15) is 10.2 Å². The Kier molecular flexibility index (Phi) is 5.03. The van der Waals surface area contributed by atoms with Crippen molar-refractivity contribution in [3.63, 3.8) is 0 Å². The second-order valence-electron chi connectivity index (χ2n) is 6.78. The molecule has 142 valence electrons. The molecule has 3 aromatic rings. The van der Waals surface area contributed by atoms with E-state index in [0.29, 0.717) is 11.4 Å². The molecule has 27 heavy (non-hydrogen) atoms. The first-order valence-electron chi connectivity index (χ1n) is 8.83. The first-order chi connectivity index (χ1) is 12.8. The highest BCUT2D eigenvalue weighted by atomic mass is 16.5. The monoisotopic (exact) mass is 367 g/mol. The van der Waals surface area contributed by atoms with Crippen LogP contribution in [0.15, 0.2) is 24.3 Å². The van der Waals surface area contributed by atoms with Crippen LogP contribution in [0, 0.1) is 20.8 Å². The van der Waals surface area contributed by atoms with Gasteiger partial charge in [-0.15, -0.1) is 0 Å². The molecule has 7 nitrogen and oxygen atoms in total. The van der Waals surface area contributed by atoms with Crippen molar-refractivity contribution in [2.75, 3.05) is 7.11 Å². The third kappa shape index (κ3) is 3.58. The number of aryl methyl sites for hydroxylation is 3. The molecular weight excluding hydrogens is 342 g/mol. The van der Waals surface area contributed by atoms with Crippen molar-refractivity contribution < 1.29 is 9.53 Å². The number of carbonyl (C=O) groups is 1. The van der Waals surface area contributed by atoms with E-state index in [0.717, 1.165) is 33.8 Å². The van der Waals surface area contributed by atoms with Crippen molar-refractivity contribution in [3.8, 4) is 17.0 Å². The number of nitrogens with one attached hydrogen (secondary N) is 2. The highest BCUT2D eigenvalue weighted by molar-refractivity contribution is 5.93. The molecule has 2 aromatic heterocycles. The van der Waals surface area contributed by atoms with E-state index in [4.69, 9.17) is 4.74 Å². The van der Waals surface area contributed by atoms with Crippen LogP contribution in [0.5, 0.6) is 5.75 Å². The summed E-state index contributed by atoms with van der Waals surface area (Å²) in [6.07, 6.45) is 0. The van der Waals surface area contributed by atoms with E-state index >= 15 is 0 Å². The van der Waals surface area contributed by atoms with Gasteiger partial charge in [0, 0.05) is 23.9 Å². The third-order valence-electron chi connectivity index (χ3n) is 4.79. The molecule has 1 unspecified atom stereocenters. The van der Waals surface area contributed by atoms with Gasteiger partial charge in [0.2, 0.25) is 0 Å². The molecule has 1 atom stereocenters. The Hall–Kier alpha value is -3.09. The third-order valence-corrected chi connectivity index (χ3v) is 4.79. The highest BCUT2D eigenvalue weighted by Gasteiger charge is 2.19. The lowest BCUT2D eigenvalue weighted by Crippen LogP contribution is -2.27. The molecule has 1 aromatic carbocycles. The van der Waals surface area contributed by atoms with E-state index in [1.54, 1.807) is 13.2 Å². The number of ether oxygens (including phenoxy) is 1. The summed E-state index contributed by atoms with van der Waals surface area (Å²) in [4.78, 5) is 12.7. The molecule has 0 aliphatic carbocycles. The lowest BCUT2D eigenvalue weighted by atomic mass is 10.0. The second kappa shape index (κ2) is 7.26. The molecule has 2 heterocycles. The Bertz CT molecular complexity index is 986. The van der Waals surface area contributed by atoms with Gasteiger partial charge in [0.05, 0.1) is 24.5 Å². The molecule has 0 fully saturated rings. The number of aromatic amines is 1. The number of nitrogens with zero attached hydrogens (tertiary/aromatic N) is 3. The summed E-state index contributed by atoms with van der Waals surface area (Å²) in [6.45, 7) is 7.86. The molecule has 0 radical (unpaired) electrons. The van der Waals surface area contributed by atoms with Crippen LogP contribution < -0.4 is 10.1 Å². The Morgan fingerprint density at radius 2 is 2.00 bits per heavy atom. The number of hydrogen-bond donors (Lipinski definition) is 2. The molecule has 0 aliphatic heterocycles. The largest absolute Gasteiger partial charge is 0.496 e. The van der Waals surface area contributed by atoms with Gasteiger partial charge in [-0.3, -0.25) is 14.6 Å². The van der Waals surface area contributed by atoms with E-state index < -0.39 is 0 Å². The fraction of sp³-hybridized carbons (Fsp3) is 0.350. The molecule has 3 rings (SSSR count). The van der Waals surface area contributed by atoms with Gasteiger partial charge >= 0.3 is 0 Å². The zero-order valence-corrected chi connectivity index (χ0v) is 16.5. The van der Waals surface area contributed by atoms with Crippen molar-refractivity contribution in [1.29, 1.82) is 0 Å². The number of aromatic nitrogens is 4. The summed E-state index contributed by atoms with van der Waals surface area (Å²) in [5.74, 6) is 0.532. The standard InChI is InChI=1S/C20H25N5O2/c1-11-7-8-18(27-6)15(9-11)12(2)21-20(26)17-10-16(22-23-17)19-13(3)24-25(5)14(19)4/h7-10,12H,1-6H3,(H,21,26)(H,22,23). The van der Waals surface area contributed by atoms with Crippen molar-refractivity contribution in [2.45, 2.75) is 33.7 Å². The average Bonchev–Trinajstić information content (AvgIpc) is 3.19. The van der Waals surface area contributed by atoms with Crippen LogP contribution in [-0.2, 0) is 7.05 Å². The van der Waals surface area contributed by atoms with Crippen LogP contribution in [0.1, 0.15) is 46.0 Å². The zero-order chi connectivity index (χ0) is 19.7. The van der Waals surface area contributed by atoms with Crippen LogP contribution >= 0.6 is 0 Å². The minimum atomic E-state index is -0.219. The van der Waals surface area contributed by atoms with E-state index in [2.05, 4.69) is 20.6 Å². The van der Waals surface area contributed by atoms with Crippen molar-refractivity contribution in [3.05, 3.63) is 52.5 Å².